The predicted octanol–water partition coefficient (Wildman–Crippen LogP) is -8.37. The molecule has 0 saturated heterocycles. The van der Waals surface area contributed by atoms with Gasteiger partial charge in [-0.25, -0.2) is 0 Å². The van der Waals surface area contributed by atoms with Crippen molar-refractivity contribution in [3.63, 3.8) is 0 Å². The van der Waals surface area contributed by atoms with Gasteiger partial charge in [-0.2, -0.15) is 0 Å². The molecule has 0 bridgehead atoms. The number of hydrogen-bond donors (Lipinski definition) is 1. The monoisotopic (exact) mass is 276 g/mol. The summed E-state index contributed by atoms with van der Waals surface area (Å²) in [4.78, 5) is 30.0. The van der Waals surface area contributed by atoms with Gasteiger partial charge in [0.1, 0.15) is 5.60 Å². The number of aliphatic hydroxyl groups is 1. The smallest absolute Gasteiger partial charge is 2.00 e. The molecule has 0 aliphatic carbocycles. The minimum atomic E-state index is -2.97. The second kappa shape index (κ2) is 10.2. The Morgan fingerprint density at radius 2 is 1.25 bits per heavy atom. The summed E-state index contributed by atoms with van der Waals surface area (Å²) in [5.74, 6) is -5.98. The molecular formula is C6H5NaO8Ti. The first-order chi connectivity index (χ1) is 5.78. The van der Waals surface area contributed by atoms with Gasteiger partial charge in [0.15, 0.2) is 0 Å². The van der Waals surface area contributed by atoms with Crippen molar-refractivity contribution < 1.29 is 91.6 Å². The summed E-state index contributed by atoms with van der Waals surface area (Å²) in [6.07, 6.45) is -2.72. The zero-order valence-corrected chi connectivity index (χ0v) is 11.8. The molecule has 0 radical (unpaired) electrons. The van der Waals surface area contributed by atoms with Crippen LogP contribution in [-0.2, 0) is 41.6 Å². The Bertz CT molecular complexity index is 239. The van der Waals surface area contributed by atoms with Crippen molar-refractivity contribution in [3.8, 4) is 0 Å². The fraction of sp³-hybridized carbons (Fsp3) is 0.500. The Hall–Kier alpha value is 0.0443. The van der Waals surface area contributed by atoms with Crippen molar-refractivity contribution in [1.82, 2.24) is 0 Å². The van der Waals surface area contributed by atoms with Crippen LogP contribution in [0.1, 0.15) is 12.8 Å². The van der Waals surface area contributed by atoms with Crippen molar-refractivity contribution >= 4 is 17.9 Å². The molecule has 0 amide bonds. The van der Waals surface area contributed by atoms with Crippen LogP contribution in [0.4, 0.5) is 0 Å². The Morgan fingerprint density at radius 3 is 1.38 bits per heavy atom. The first-order valence-electron chi connectivity index (χ1n) is 3.11. The maximum absolute atomic E-state index is 10.1. The van der Waals surface area contributed by atoms with E-state index in [1.54, 1.807) is 0 Å². The van der Waals surface area contributed by atoms with Crippen LogP contribution in [0.5, 0.6) is 0 Å². The molecule has 0 aromatic rings. The maximum atomic E-state index is 10.1. The van der Waals surface area contributed by atoms with Crippen LogP contribution in [0, 0.1) is 0 Å². The maximum Gasteiger partial charge on any atom is 4.00 e. The van der Waals surface area contributed by atoms with Crippen LogP contribution in [-0.4, -0.2) is 28.6 Å². The number of aliphatic carboxylic acids is 3. The summed E-state index contributed by atoms with van der Waals surface area (Å²) in [7, 11) is 0. The van der Waals surface area contributed by atoms with Crippen molar-refractivity contribution in [2.75, 3.05) is 0 Å². The molecule has 0 aromatic carbocycles. The Kier molecular flexibility index (Phi) is 16.0. The average molecular weight is 276 g/mol. The largest absolute Gasteiger partial charge is 4.00 e. The molecule has 0 rings (SSSR count). The van der Waals surface area contributed by atoms with Crippen molar-refractivity contribution in [2.24, 2.45) is 0 Å². The summed E-state index contributed by atoms with van der Waals surface area (Å²) in [5.41, 5.74) is -2.97. The Labute approximate surface area is 127 Å². The van der Waals surface area contributed by atoms with E-state index in [1.807, 2.05) is 0 Å². The van der Waals surface area contributed by atoms with Crippen LogP contribution in [0.3, 0.4) is 0 Å². The van der Waals surface area contributed by atoms with E-state index in [2.05, 4.69) is 0 Å². The molecular weight excluding hydrogens is 271 g/mol. The number of rotatable bonds is 5. The van der Waals surface area contributed by atoms with Crippen LogP contribution in [0.2, 0.25) is 0 Å². The van der Waals surface area contributed by atoms with E-state index in [1.165, 1.54) is 0 Å². The van der Waals surface area contributed by atoms with Crippen molar-refractivity contribution in [2.45, 2.75) is 18.4 Å². The normalized spacial score (nSPS) is 8.81. The van der Waals surface area contributed by atoms with Crippen LogP contribution < -0.4 is 44.9 Å². The molecule has 0 unspecified atom stereocenters. The van der Waals surface area contributed by atoms with Crippen molar-refractivity contribution in [1.29, 1.82) is 0 Å². The Balaban J connectivity index is -0.000000240. The molecule has 0 spiro atoms. The third-order valence-corrected chi connectivity index (χ3v) is 1.25. The van der Waals surface area contributed by atoms with Crippen LogP contribution in [0.25, 0.3) is 0 Å². The second-order valence-electron chi connectivity index (χ2n) is 2.42. The van der Waals surface area contributed by atoms with Gasteiger partial charge in [-0.3, -0.25) is 0 Å². The van der Waals surface area contributed by atoms with Gasteiger partial charge in [0.25, 0.3) is 0 Å². The van der Waals surface area contributed by atoms with Gasteiger partial charge in [-0.15, -0.1) is 0 Å². The molecule has 0 atom stereocenters. The number of carbonyl (C=O) groups excluding carboxylic acids is 3. The Morgan fingerprint density at radius 1 is 1.00 bits per heavy atom. The molecule has 16 heavy (non-hydrogen) atoms. The van der Waals surface area contributed by atoms with Crippen LogP contribution >= 0.6 is 0 Å². The summed E-state index contributed by atoms with van der Waals surface area (Å²) >= 11 is 0. The van der Waals surface area contributed by atoms with E-state index in [0.29, 0.717) is 0 Å². The molecule has 8 nitrogen and oxygen atoms in total. The van der Waals surface area contributed by atoms with Gasteiger partial charge in [-0.1, -0.05) is 0 Å². The summed E-state index contributed by atoms with van der Waals surface area (Å²) in [6, 6.07) is 0. The van der Waals surface area contributed by atoms with E-state index in [0.717, 1.165) is 0 Å². The number of hydrogen-bond acceptors (Lipinski definition) is 7. The third-order valence-electron chi connectivity index (χ3n) is 1.25. The van der Waals surface area contributed by atoms with E-state index in [9.17, 15) is 29.7 Å². The topological polar surface area (TPSA) is 169 Å². The molecule has 0 saturated carbocycles. The molecule has 0 aliphatic rings. The van der Waals surface area contributed by atoms with Gasteiger partial charge < -0.3 is 40.3 Å². The average Bonchev–Trinajstić information content (AvgIpc) is 1.82. The molecule has 82 valence electrons. The molecule has 0 aromatic heterocycles. The first-order valence-corrected chi connectivity index (χ1v) is 3.11. The summed E-state index contributed by atoms with van der Waals surface area (Å²) < 4.78 is 0. The zero-order valence-electron chi connectivity index (χ0n) is 8.22. The SMILES string of the molecule is O=C([O-])CC(O)(CC(=O)[O-])C(=O)[O-].[Na+].[O-2].[Ti+4]. The van der Waals surface area contributed by atoms with E-state index in [4.69, 9.17) is 5.11 Å². The number of carbonyl (C=O) groups is 3. The fourth-order valence-corrected chi connectivity index (χ4v) is 0.684. The second-order valence-corrected chi connectivity index (χ2v) is 2.42. The van der Waals surface area contributed by atoms with Gasteiger partial charge in [0.05, 0.1) is 5.97 Å². The van der Waals surface area contributed by atoms with E-state index in [-0.39, 0.29) is 56.8 Å². The summed E-state index contributed by atoms with van der Waals surface area (Å²) in [6.45, 7) is 0. The zero-order chi connectivity index (χ0) is 10.6. The van der Waals surface area contributed by atoms with Gasteiger partial charge in [-0.05, 0) is 0 Å². The van der Waals surface area contributed by atoms with Crippen LogP contribution in [0.15, 0.2) is 0 Å². The first kappa shape index (κ1) is 25.0. The van der Waals surface area contributed by atoms with Gasteiger partial charge in [0.2, 0.25) is 0 Å². The predicted molar refractivity (Wildman–Crippen MR) is 29.9 cm³/mol. The number of carboxylic acids is 3. The van der Waals surface area contributed by atoms with Gasteiger partial charge >= 0.3 is 51.3 Å². The molecule has 0 aliphatic heterocycles. The summed E-state index contributed by atoms with van der Waals surface area (Å²) in [5, 5.41) is 38.9. The quantitative estimate of drug-likeness (QED) is 0.486. The van der Waals surface area contributed by atoms with Gasteiger partial charge in [0, 0.05) is 24.8 Å². The minimum Gasteiger partial charge on any atom is -2.00 e. The molecule has 10 heteroatoms. The van der Waals surface area contributed by atoms with E-state index < -0.39 is 36.4 Å². The third kappa shape index (κ3) is 9.28. The minimum absolute atomic E-state index is 0. The fourth-order valence-electron chi connectivity index (χ4n) is 0.684. The molecule has 0 heterocycles. The van der Waals surface area contributed by atoms with Crippen molar-refractivity contribution in [3.05, 3.63) is 0 Å². The molecule has 1 N–H and O–H groups in total. The molecule has 0 fully saturated rings. The standard InChI is InChI=1S/C6H8O7.Na.O.Ti/c7-3(8)1-6(13,5(11)12)2-4(9)10;;;/h13H,1-2H2,(H,7,8)(H,9,10)(H,11,12);;;/q;+1;-2;+4/p-3. The van der Waals surface area contributed by atoms with E-state index >= 15 is 0 Å². The number of carboxylic acid groups (broad SMARTS) is 3.